The molecule has 0 saturated carbocycles. The van der Waals surface area contributed by atoms with Crippen molar-refractivity contribution in [2.75, 3.05) is 0 Å². The van der Waals surface area contributed by atoms with Crippen LogP contribution < -0.4 is 0 Å². The average Bonchev–Trinajstić information content (AvgIpc) is 1.59. The summed E-state index contributed by atoms with van der Waals surface area (Å²) in [6.45, 7) is 6.05. The van der Waals surface area contributed by atoms with Crippen LogP contribution in [-0.4, -0.2) is 5.12 Å². The van der Waals surface area contributed by atoms with E-state index in [0.29, 0.717) is 0 Å². The largest absolute Gasteiger partial charge is 0.277 e. The summed E-state index contributed by atoms with van der Waals surface area (Å²) in [5.74, 6) is 0. The molecule has 1 radical (unpaired) electrons. The molecule has 0 unspecified atom stereocenters. The first-order valence-corrected chi connectivity index (χ1v) is 3.23. The van der Waals surface area contributed by atoms with Gasteiger partial charge in [-0.1, -0.05) is 26.8 Å². The van der Waals surface area contributed by atoms with Crippen molar-refractivity contribution >= 4 is 17.7 Å². The van der Waals surface area contributed by atoms with Crippen molar-refractivity contribution in [1.82, 2.24) is 0 Å². The maximum absolute atomic E-state index is 10.2. The molecule has 0 N–H and O–H groups in total. The Balaban J connectivity index is 3.86. The minimum Gasteiger partial charge on any atom is -0.277 e. The van der Waals surface area contributed by atoms with Crippen LogP contribution >= 0.6 is 12.6 Å². The first-order chi connectivity index (χ1) is 3.92. The van der Waals surface area contributed by atoms with Crippen molar-refractivity contribution in [3.8, 4) is 0 Å². The van der Waals surface area contributed by atoms with Gasteiger partial charge >= 0.3 is 0 Å². The van der Waals surface area contributed by atoms with Crippen LogP contribution in [0.2, 0.25) is 0 Å². The molecule has 0 bridgehead atoms. The van der Waals surface area contributed by atoms with Crippen LogP contribution in [0.4, 0.5) is 0 Å². The molecular weight excluding hydrogens is 132 g/mol. The van der Waals surface area contributed by atoms with Gasteiger partial charge in [-0.25, -0.2) is 0 Å². The maximum Gasteiger partial charge on any atom is 0.241 e. The minimum absolute atomic E-state index is 0.0640. The zero-order valence-electron chi connectivity index (χ0n) is 5.97. The van der Waals surface area contributed by atoms with E-state index in [1.807, 2.05) is 26.8 Å². The second-order valence-electron chi connectivity index (χ2n) is 3.02. The second-order valence-corrected chi connectivity index (χ2v) is 3.42. The standard InChI is InChI=1S/C7H11OS/c1-7(2,3)5-4-6(8)9/h4-5H,1-3H3/b5-4+. The Morgan fingerprint density at radius 3 is 2.00 bits per heavy atom. The number of carbonyl (C=O) groups excluding carboxylic acids is 1. The fourth-order valence-corrected chi connectivity index (χ4v) is 0.386. The van der Waals surface area contributed by atoms with Crippen LogP contribution in [0.15, 0.2) is 12.2 Å². The molecule has 0 fully saturated rings. The van der Waals surface area contributed by atoms with Crippen molar-refractivity contribution in [3.05, 3.63) is 12.2 Å². The molecule has 0 rings (SSSR count). The van der Waals surface area contributed by atoms with Crippen molar-refractivity contribution in [3.63, 3.8) is 0 Å². The molecule has 2 heteroatoms. The highest BCUT2D eigenvalue weighted by Crippen LogP contribution is 2.14. The summed E-state index contributed by atoms with van der Waals surface area (Å²) in [4.78, 5) is 10.2. The smallest absolute Gasteiger partial charge is 0.241 e. The lowest BCUT2D eigenvalue weighted by atomic mass is 9.97. The fourth-order valence-electron chi connectivity index (χ4n) is 0.318. The molecule has 9 heavy (non-hydrogen) atoms. The third kappa shape index (κ3) is 7.63. The first-order valence-electron chi connectivity index (χ1n) is 2.82. The zero-order chi connectivity index (χ0) is 7.49. The Kier molecular flexibility index (Phi) is 2.85. The Labute approximate surface area is 61.6 Å². The van der Waals surface area contributed by atoms with Gasteiger partial charge in [-0.05, 0) is 24.1 Å². The Hall–Kier alpha value is -0.370. The molecule has 0 aromatic rings. The molecule has 0 saturated heterocycles. The highest BCUT2D eigenvalue weighted by molar-refractivity contribution is 7.97. The van der Waals surface area contributed by atoms with Crippen LogP contribution in [0.25, 0.3) is 0 Å². The topological polar surface area (TPSA) is 17.1 Å². The van der Waals surface area contributed by atoms with Gasteiger partial charge in [0.1, 0.15) is 0 Å². The van der Waals surface area contributed by atoms with Crippen LogP contribution in [0, 0.1) is 5.41 Å². The summed E-state index contributed by atoms with van der Waals surface area (Å²) >= 11 is 4.32. The third-order valence-electron chi connectivity index (χ3n) is 0.719. The van der Waals surface area contributed by atoms with Crippen LogP contribution in [0.1, 0.15) is 20.8 Å². The normalized spacial score (nSPS) is 12.3. The highest BCUT2D eigenvalue weighted by Gasteiger charge is 2.03. The van der Waals surface area contributed by atoms with Gasteiger partial charge in [0.15, 0.2) is 0 Å². The van der Waals surface area contributed by atoms with E-state index >= 15 is 0 Å². The Morgan fingerprint density at radius 1 is 1.44 bits per heavy atom. The SMILES string of the molecule is CC(C)(C)/C=C/C(=O)[S]. The van der Waals surface area contributed by atoms with Gasteiger partial charge in [0.2, 0.25) is 5.12 Å². The molecule has 0 aromatic heterocycles. The molecule has 0 amide bonds. The number of rotatable bonds is 1. The molecule has 0 spiro atoms. The fraction of sp³-hybridized carbons (Fsp3) is 0.571. The molecular formula is C7H11OS. The molecule has 1 nitrogen and oxygen atoms in total. The molecule has 0 aliphatic heterocycles. The van der Waals surface area contributed by atoms with E-state index < -0.39 is 0 Å². The van der Waals surface area contributed by atoms with E-state index in [0.717, 1.165) is 0 Å². The minimum atomic E-state index is -0.301. The summed E-state index contributed by atoms with van der Waals surface area (Å²) in [5, 5.41) is -0.301. The summed E-state index contributed by atoms with van der Waals surface area (Å²) < 4.78 is 0. The predicted molar refractivity (Wildman–Crippen MR) is 41.2 cm³/mol. The quantitative estimate of drug-likeness (QED) is 0.515. The van der Waals surface area contributed by atoms with E-state index in [9.17, 15) is 4.79 Å². The van der Waals surface area contributed by atoms with E-state index in [-0.39, 0.29) is 10.5 Å². The number of hydrogen-bond donors (Lipinski definition) is 0. The maximum atomic E-state index is 10.2. The highest BCUT2D eigenvalue weighted by atomic mass is 32.1. The van der Waals surface area contributed by atoms with Gasteiger partial charge < -0.3 is 0 Å². The van der Waals surface area contributed by atoms with Crippen molar-refractivity contribution < 1.29 is 4.79 Å². The molecule has 0 aliphatic carbocycles. The van der Waals surface area contributed by atoms with Gasteiger partial charge in [0.25, 0.3) is 0 Å². The summed E-state index contributed by atoms with van der Waals surface area (Å²) in [6.07, 6.45) is 3.23. The third-order valence-corrected chi connectivity index (χ3v) is 0.855. The average molecular weight is 143 g/mol. The van der Waals surface area contributed by atoms with Crippen molar-refractivity contribution in [2.24, 2.45) is 5.41 Å². The van der Waals surface area contributed by atoms with E-state index in [1.165, 1.54) is 6.08 Å². The summed E-state index contributed by atoms with van der Waals surface area (Å²) in [5.41, 5.74) is 0.0640. The van der Waals surface area contributed by atoms with Crippen LogP contribution in [0.3, 0.4) is 0 Å². The zero-order valence-corrected chi connectivity index (χ0v) is 6.79. The molecule has 0 heterocycles. The van der Waals surface area contributed by atoms with E-state index in [1.54, 1.807) is 0 Å². The van der Waals surface area contributed by atoms with Gasteiger partial charge in [-0.3, -0.25) is 4.79 Å². The van der Waals surface area contributed by atoms with Gasteiger partial charge in [-0.2, -0.15) is 0 Å². The predicted octanol–water partition coefficient (Wildman–Crippen LogP) is 2.31. The monoisotopic (exact) mass is 143 g/mol. The number of hydrogen-bond acceptors (Lipinski definition) is 1. The Bertz CT molecular complexity index is 130. The summed E-state index contributed by atoms with van der Waals surface area (Å²) in [7, 11) is 0. The van der Waals surface area contributed by atoms with Gasteiger partial charge in [0, 0.05) is 0 Å². The lowest BCUT2D eigenvalue weighted by Crippen LogP contribution is -1.99. The number of carbonyl (C=O) groups is 1. The van der Waals surface area contributed by atoms with E-state index in [2.05, 4.69) is 12.6 Å². The van der Waals surface area contributed by atoms with Crippen molar-refractivity contribution in [1.29, 1.82) is 0 Å². The van der Waals surface area contributed by atoms with E-state index in [4.69, 9.17) is 0 Å². The second kappa shape index (κ2) is 2.97. The van der Waals surface area contributed by atoms with Crippen LogP contribution in [0.5, 0.6) is 0 Å². The molecule has 51 valence electrons. The van der Waals surface area contributed by atoms with Gasteiger partial charge in [-0.15, -0.1) is 0 Å². The molecule has 0 aliphatic rings. The lowest BCUT2D eigenvalue weighted by molar-refractivity contribution is -0.106. The molecule has 0 atom stereocenters. The summed E-state index contributed by atoms with van der Waals surface area (Å²) in [6, 6.07) is 0. The number of allylic oxidation sites excluding steroid dienone is 1. The Morgan fingerprint density at radius 2 is 1.89 bits per heavy atom. The van der Waals surface area contributed by atoms with Gasteiger partial charge in [0.05, 0.1) is 0 Å². The van der Waals surface area contributed by atoms with Crippen molar-refractivity contribution in [2.45, 2.75) is 20.8 Å². The first kappa shape index (κ1) is 8.63. The van der Waals surface area contributed by atoms with Crippen LogP contribution in [-0.2, 0) is 4.79 Å². The molecule has 0 aromatic carbocycles. The lowest BCUT2D eigenvalue weighted by Gasteiger charge is -2.09.